The van der Waals surface area contributed by atoms with Crippen LogP contribution in [0.3, 0.4) is 0 Å². The van der Waals surface area contributed by atoms with E-state index in [4.69, 9.17) is 23.2 Å². The lowest BCUT2D eigenvalue weighted by Gasteiger charge is -2.03. The SMILES string of the molecule is Cc1cccc(Cl)c1N=Cc1cc(Cl)ccc1O. The number of rotatable bonds is 2. The van der Waals surface area contributed by atoms with Gasteiger partial charge in [0.25, 0.3) is 0 Å². The molecule has 0 saturated carbocycles. The van der Waals surface area contributed by atoms with Crippen LogP contribution in [0.15, 0.2) is 41.4 Å². The zero-order valence-corrected chi connectivity index (χ0v) is 11.2. The van der Waals surface area contributed by atoms with Crippen molar-refractivity contribution in [3.63, 3.8) is 0 Å². The van der Waals surface area contributed by atoms with E-state index in [1.165, 1.54) is 6.07 Å². The summed E-state index contributed by atoms with van der Waals surface area (Å²) in [4.78, 5) is 4.30. The molecule has 1 N–H and O–H groups in total. The smallest absolute Gasteiger partial charge is 0.124 e. The second-order valence-corrected chi connectivity index (χ2v) is 4.71. The molecule has 2 nitrogen and oxygen atoms in total. The predicted octanol–water partition coefficient (Wildman–Crippen LogP) is 4.76. The minimum absolute atomic E-state index is 0.132. The van der Waals surface area contributed by atoms with Gasteiger partial charge in [0.15, 0.2) is 0 Å². The summed E-state index contributed by atoms with van der Waals surface area (Å²) in [5.41, 5.74) is 2.22. The second-order valence-electron chi connectivity index (χ2n) is 3.87. The third-order valence-corrected chi connectivity index (χ3v) is 3.05. The van der Waals surface area contributed by atoms with Crippen molar-refractivity contribution in [1.29, 1.82) is 0 Å². The maximum atomic E-state index is 9.67. The van der Waals surface area contributed by atoms with E-state index >= 15 is 0 Å². The molecule has 0 aliphatic heterocycles. The molecule has 2 aromatic carbocycles. The van der Waals surface area contributed by atoms with Crippen LogP contribution in [-0.2, 0) is 0 Å². The Hall–Kier alpha value is -1.51. The molecule has 0 bridgehead atoms. The number of hydrogen-bond acceptors (Lipinski definition) is 2. The van der Waals surface area contributed by atoms with Gasteiger partial charge >= 0.3 is 0 Å². The van der Waals surface area contributed by atoms with Gasteiger partial charge in [0.2, 0.25) is 0 Å². The summed E-state index contributed by atoms with van der Waals surface area (Å²) < 4.78 is 0. The molecule has 4 heteroatoms. The van der Waals surface area contributed by atoms with Crippen LogP contribution >= 0.6 is 23.2 Å². The summed E-state index contributed by atoms with van der Waals surface area (Å²) in [6, 6.07) is 10.4. The van der Waals surface area contributed by atoms with E-state index in [1.54, 1.807) is 24.4 Å². The van der Waals surface area contributed by atoms with Gasteiger partial charge in [-0.25, -0.2) is 0 Å². The number of phenolic OH excluding ortho intramolecular Hbond substituents is 1. The van der Waals surface area contributed by atoms with Gasteiger partial charge in [-0.15, -0.1) is 0 Å². The molecule has 2 aromatic rings. The van der Waals surface area contributed by atoms with Crippen molar-refractivity contribution in [2.24, 2.45) is 4.99 Å². The number of aromatic hydroxyl groups is 1. The van der Waals surface area contributed by atoms with E-state index < -0.39 is 0 Å². The Morgan fingerprint density at radius 3 is 2.67 bits per heavy atom. The predicted molar refractivity (Wildman–Crippen MR) is 76.6 cm³/mol. The Morgan fingerprint density at radius 2 is 1.94 bits per heavy atom. The average Bonchev–Trinajstić information content (AvgIpc) is 2.33. The van der Waals surface area contributed by atoms with E-state index in [9.17, 15) is 5.11 Å². The van der Waals surface area contributed by atoms with Gasteiger partial charge in [-0.05, 0) is 36.8 Å². The Morgan fingerprint density at radius 1 is 1.17 bits per heavy atom. The molecular weight excluding hydrogens is 269 g/mol. The highest BCUT2D eigenvalue weighted by Crippen LogP contribution is 2.29. The molecule has 0 amide bonds. The molecule has 92 valence electrons. The minimum Gasteiger partial charge on any atom is -0.507 e. The molecule has 0 fully saturated rings. The summed E-state index contributed by atoms with van der Waals surface area (Å²) >= 11 is 11.9. The largest absolute Gasteiger partial charge is 0.507 e. The highest BCUT2D eigenvalue weighted by Gasteiger charge is 2.02. The van der Waals surface area contributed by atoms with Crippen molar-refractivity contribution in [2.75, 3.05) is 0 Å². The van der Waals surface area contributed by atoms with Crippen LogP contribution in [0.4, 0.5) is 5.69 Å². The van der Waals surface area contributed by atoms with Gasteiger partial charge < -0.3 is 5.11 Å². The lowest BCUT2D eigenvalue weighted by molar-refractivity contribution is 0.474. The number of hydrogen-bond donors (Lipinski definition) is 1. The highest BCUT2D eigenvalue weighted by molar-refractivity contribution is 6.33. The normalized spacial score (nSPS) is 11.1. The van der Waals surface area contributed by atoms with Crippen molar-refractivity contribution in [1.82, 2.24) is 0 Å². The Balaban J connectivity index is 2.39. The van der Waals surface area contributed by atoms with Crippen molar-refractivity contribution in [3.05, 3.63) is 57.6 Å². The van der Waals surface area contributed by atoms with Gasteiger partial charge in [-0.3, -0.25) is 4.99 Å². The second kappa shape index (κ2) is 5.42. The third kappa shape index (κ3) is 2.84. The number of benzene rings is 2. The van der Waals surface area contributed by atoms with Crippen molar-refractivity contribution in [2.45, 2.75) is 6.92 Å². The summed E-state index contributed by atoms with van der Waals surface area (Å²) in [6.45, 7) is 1.93. The monoisotopic (exact) mass is 279 g/mol. The van der Waals surface area contributed by atoms with E-state index in [0.717, 1.165) is 5.56 Å². The van der Waals surface area contributed by atoms with Crippen LogP contribution in [-0.4, -0.2) is 11.3 Å². The van der Waals surface area contributed by atoms with Gasteiger partial charge in [0.05, 0.1) is 10.7 Å². The lowest BCUT2D eigenvalue weighted by Crippen LogP contribution is -1.83. The van der Waals surface area contributed by atoms with Crippen molar-refractivity contribution < 1.29 is 5.11 Å². The zero-order chi connectivity index (χ0) is 13.1. The molecule has 0 aliphatic rings. The molecule has 18 heavy (non-hydrogen) atoms. The lowest BCUT2D eigenvalue weighted by atomic mass is 10.2. The standard InChI is InChI=1S/C14H11Cl2NO/c1-9-3-2-4-12(16)14(9)17-8-10-7-11(15)5-6-13(10)18/h2-8,18H,1H3. The molecule has 0 atom stereocenters. The molecule has 0 aromatic heterocycles. The first kappa shape index (κ1) is 12.9. The van der Waals surface area contributed by atoms with Crippen LogP contribution in [0.1, 0.15) is 11.1 Å². The van der Waals surface area contributed by atoms with Gasteiger partial charge in [-0.2, -0.15) is 0 Å². The molecule has 0 radical (unpaired) electrons. The fraction of sp³-hybridized carbons (Fsp3) is 0.0714. The quantitative estimate of drug-likeness (QED) is 0.790. The van der Waals surface area contributed by atoms with Crippen LogP contribution in [0.25, 0.3) is 0 Å². The van der Waals surface area contributed by atoms with Crippen molar-refractivity contribution >= 4 is 35.1 Å². The van der Waals surface area contributed by atoms with Gasteiger partial charge in [0, 0.05) is 16.8 Å². The van der Waals surface area contributed by atoms with E-state index in [1.807, 2.05) is 19.1 Å². The third-order valence-electron chi connectivity index (χ3n) is 2.51. The molecule has 0 heterocycles. The maximum absolute atomic E-state index is 9.67. The average molecular weight is 280 g/mol. The topological polar surface area (TPSA) is 32.6 Å². The molecule has 0 unspecified atom stereocenters. The van der Waals surface area contributed by atoms with Gasteiger partial charge in [-0.1, -0.05) is 35.3 Å². The Kier molecular flexibility index (Phi) is 3.90. The first-order chi connectivity index (χ1) is 8.58. The first-order valence-corrected chi connectivity index (χ1v) is 6.11. The van der Waals surface area contributed by atoms with E-state index in [-0.39, 0.29) is 5.75 Å². The molecular formula is C14H11Cl2NO. The fourth-order valence-electron chi connectivity index (χ4n) is 1.55. The minimum atomic E-state index is 0.132. The number of para-hydroxylation sites is 1. The number of aliphatic imine (C=N–C) groups is 1. The van der Waals surface area contributed by atoms with Crippen LogP contribution in [0.2, 0.25) is 10.0 Å². The number of halogens is 2. The Bertz CT molecular complexity index is 588. The van der Waals surface area contributed by atoms with E-state index in [0.29, 0.717) is 21.3 Å². The number of aryl methyl sites for hydroxylation is 1. The number of phenols is 1. The summed E-state index contributed by atoms with van der Waals surface area (Å²) in [7, 11) is 0. The number of nitrogens with zero attached hydrogens (tertiary/aromatic N) is 1. The van der Waals surface area contributed by atoms with Crippen LogP contribution in [0, 0.1) is 6.92 Å². The maximum Gasteiger partial charge on any atom is 0.124 e. The summed E-state index contributed by atoms with van der Waals surface area (Å²) in [5.74, 6) is 0.132. The van der Waals surface area contributed by atoms with Crippen molar-refractivity contribution in [3.8, 4) is 5.75 Å². The Labute approximate surface area is 116 Å². The molecule has 2 rings (SSSR count). The van der Waals surface area contributed by atoms with Crippen LogP contribution < -0.4 is 0 Å². The summed E-state index contributed by atoms with van der Waals surface area (Å²) in [5, 5.41) is 10.8. The first-order valence-electron chi connectivity index (χ1n) is 5.35. The molecule has 0 aliphatic carbocycles. The van der Waals surface area contributed by atoms with E-state index in [2.05, 4.69) is 4.99 Å². The van der Waals surface area contributed by atoms with Gasteiger partial charge in [0.1, 0.15) is 5.75 Å². The summed E-state index contributed by atoms with van der Waals surface area (Å²) in [6.07, 6.45) is 1.55. The molecule has 0 spiro atoms. The zero-order valence-electron chi connectivity index (χ0n) is 9.69. The van der Waals surface area contributed by atoms with Crippen LogP contribution in [0.5, 0.6) is 5.75 Å². The highest BCUT2D eigenvalue weighted by atomic mass is 35.5. The molecule has 0 saturated heterocycles. The fourth-order valence-corrected chi connectivity index (χ4v) is 2.00.